The molecule has 25 heavy (non-hydrogen) atoms. The lowest BCUT2D eigenvalue weighted by atomic mass is 10.1. The van der Waals surface area contributed by atoms with E-state index in [1.54, 1.807) is 6.07 Å². The zero-order chi connectivity index (χ0) is 17.2. The minimum atomic E-state index is -0.0135. The third-order valence-electron chi connectivity index (χ3n) is 4.26. The summed E-state index contributed by atoms with van der Waals surface area (Å²) in [5, 5.41) is 0. The zero-order valence-electron chi connectivity index (χ0n) is 13.6. The molecule has 0 aliphatic heterocycles. The van der Waals surface area contributed by atoms with E-state index in [2.05, 4.69) is 17.1 Å². The average molecular weight is 327 g/mol. The van der Waals surface area contributed by atoms with Crippen LogP contribution in [0.1, 0.15) is 27.2 Å². The lowest BCUT2D eigenvalue weighted by Gasteiger charge is -2.06. The summed E-state index contributed by atoms with van der Waals surface area (Å²) in [6.45, 7) is 0. The minimum absolute atomic E-state index is 0.0135. The van der Waals surface area contributed by atoms with E-state index in [-0.39, 0.29) is 5.78 Å². The van der Waals surface area contributed by atoms with Gasteiger partial charge in [-0.3, -0.25) is 4.79 Å². The van der Waals surface area contributed by atoms with Crippen molar-refractivity contribution < 1.29 is 4.79 Å². The minimum Gasteiger partial charge on any atom is -0.382 e. The molecule has 0 amide bonds. The van der Waals surface area contributed by atoms with Gasteiger partial charge >= 0.3 is 0 Å². The van der Waals surface area contributed by atoms with Crippen molar-refractivity contribution in [1.29, 1.82) is 0 Å². The van der Waals surface area contributed by atoms with Crippen molar-refractivity contribution in [2.24, 2.45) is 0 Å². The van der Waals surface area contributed by atoms with Crippen LogP contribution in [0, 0.1) is 0 Å². The molecule has 0 fully saturated rings. The SMILES string of the molecule is Nc1nc2ccc(C(=O)c3ccccc3)cn2c1Cc1ccccc1. The number of imidazole rings is 1. The molecular formula is C21H17N3O. The van der Waals surface area contributed by atoms with Gasteiger partial charge in [0, 0.05) is 23.7 Å². The van der Waals surface area contributed by atoms with Gasteiger partial charge in [0.25, 0.3) is 0 Å². The van der Waals surface area contributed by atoms with Gasteiger partial charge in [-0.1, -0.05) is 60.7 Å². The third-order valence-corrected chi connectivity index (χ3v) is 4.26. The van der Waals surface area contributed by atoms with Gasteiger partial charge in [0.1, 0.15) is 11.5 Å². The second-order valence-corrected chi connectivity index (χ2v) is 5.95. The first-order chi connectivity index (χ1) is 12.2. The Morgan fingerprint density at radius 2 is 1.56 bits per heavy atom. The highest BCUT2D eigenvalue weighted by Crippen LogP contribution is 2.20. The Bertz CT molecular complexity index is 1040. The molecule has 0 radical (unpaired) electrons. The van der Waals surface area contributed by atoms with Crippen LogP contribution in [0.5, 0.6) is 0 Å². The summed E-state index contributed by atoms with van der Waals surface area (Å²) >= 11 is 0. The third kappa shape index (κ3) is 2.90. The standard InChI is InChI=1S/C21H17N3O/c22-21-18(13-15-7-3-1-4-8-15)24-14-17(11-12-19(24)23-21)20(25)16-9-5-2-6-10-16/h1-12,14H,13,22H2. The summed E-state index contributed by atoms with van der Waals surface area (Å²) in [5.74, 6) is 0.480. The van der Waals surface area contributed by atoms with Gasteiger partial charge in [-0.05, 0) is 17.7 Å². The summed E-state index contributed by atoms with van der Waals surface area (Å²) in [6.07, 6.45) is 2.49. The number of aromatic nitrogens is 2. The maximum atomic E-state index is 12.7. The van der Waals surface area contributed by atoms with Crippen LogP contribution in [0.15, 0.2) is 79.0 Å². The van der Waals surface area contributed by atoms with Crippen LogP contribution >= 0.6 is 0 Å². The molecule has 0 saturated heterocycles. The van der Waals surface area contributed by atoms with Crippen LogP contribution in [-0.2, 0) is 6.42 Å². The number of carbonyl (C=O) groups is 1. The van der Waals surface area contributed by atoms with E-state index in [1.165, 1.54) is 0 Å². The van der Waals surface area contributed by atoms with Gasteiger partial charge in [0.15, 0.2) is 5.78 Å². The first-order valence-electron chi connectivity index (χ1n) is 8.12. The molecule has 0 unspecified atom stereocenters. The highest BCUT2D eigenvalue weighted by Gasteiger charge is 2.14. The molecule has 2 heterocycles. The Hall–Kier alpha value is -3.40. The van der Waals surface area contributed by atoms with Crippen LogP contribution in [0.4, 0.5) is 5.82 Å². The molecule has 0 aliphatic carbocycles. The number of rotatable bonds is 4. The van der Waals surface area contributed by atoms with Crippen LogP contribution < -0.4 is 5.73 Å². The highest BCUT2D eigenvalue weighted by atomic mass is 16.1. The number of fused-ring (bicyclic) bond motifs is 1. The molecule has 0 saturated carbocycles. The maximum absolute atomic E-state index is 12.7. The fourth-order valence-electron chi connectivity index (χ4n) is 2.97. The molecule has 0 spiro atoms. The monoisotopic (exact) mass is 327 g/mol. The number of nitrogen functional groups attached to an aromatic ring is 1. The molecule has 0 atom stereocenters. The zero-order valence-corrected chi connectivity index (χ0v) is 13.6. The van der Waals surface area contributed by atoms with Crippen LogP contribution in [0.25, 0.3) is 5.65 Å². The van der Waals surface area contributed by atoms with Crippen molar-refractivity contribution in [2.75, 3.05) is 5.73 Å². The van der Waals surface area contributed by atoms with Gasteiger partial charge < -0.3 is 10.1 Å². The van der Waals surface area contributed by atoms with E-state index >= 15 is 0 Å². The fourth-order valence-corrected chi connectivity index (χ4v) is 2.97. The lowest BCUT2D eigenvalue weighted by Crippen LogP contribution is -2.04. The maximum Gasteiger partial charge on any atom is 0.194 e. The number of benzene rings is 2. The van der Waals surface area contributed by atoms with Crippen molar-refractivity contribution in [3.63, 3.8) is 0 Å². The molecule has 4 heteroatoms. The number of nitrogens with two attached hydrogens (primary N) is 1. The van der Waals surface area contributed by atoms with Crippen molar-refractivity contribution in [1.82, 2.24) is 9.38 Å². The Morgan fingerprint density at radius 1 is 0.880 bits per heavy atom. The smallest absolute Gasteiger partial charge is 0.194 e. The van der Waals surface area contributed by atoms with Gasteiger partial charge in [-0.15, -0.1) is 0 Å². The summed E-state index contributed by atoms with van der Waals surface area (Å²) in [7, 11) is 0. The number of nitrogens with zero attached hydrogens (tertiary/aromatic N) is 2. The molecule has 122 valence electrons. The fraction of sp³-hybridized carbons (Fsp3) is 0.0476. The molecule has 4 aromatic rings. The molecule has 2 N–H and O–H groups in total. The molecular weight excluding hydrogens is 310 g/mol. The average Bonchev–Trinajstić information content (AvgIpc) is 2.97. The summed E-state index contributed by atoms with van der Waals surface area (Å²) in [5.41, 5.74) is 10.2. The number of pyridine rings is 1. The lowest BCUT2D eigenvalue weighted by molar-refractivity contribution is 0.103. The normalized spacial score (nSPS) is 10.9. The van der Waals surface area contributed by atoms with E-state index < -0.39 is 0 Å². The second-order valence-electron chi connectivity index (χ2n) is 5.95. The van der Waals surface area contributed by atoms with Crippen LogP contribution in [0.3, 0.4) is 0 Å². The Morgan fingerprint density at radius 3 is 2.28 bits per heavy atom. The molecule has 2 aromatic carbocycles. The largest absolute Gasteiger partial charge is 0.382 e. The summed E-state index contributed by atoms with van der Waals surface area (Å²) in [4.78, 5) is 17.1. The number of hydrogen-bond acceptors (Lipinski definition) is 3. The van der Waals surface area contributed by atoms with Crippen LogP contribution in [-0.4, -0.2) is 15.2 Å². The van der Waals surface area contributed by atoms with Gasteiger partial charge in [-0.2, -0.15) is 0 Å². The van der Waals surface area contributed by atoms with Gasteiger partial charge in [0.2, 0.25) is 0 Å². The number of ketones is 1. The number of anilines is 1. The van der Waals surface area contributed by atoms with Gasteiger partial charge in [-0.25, -0.2) is 4.98 Å². The quantitative estimate of drug-likeness (QED) is 0.581. The van der Waals surface area contributed by atoms with Crippen molar-refractivity contribution in [3.05, 3.63) is 101 Å². The van der Waals surface area contributed by atoms with E-state index in [4.69, 9.17) is 5.73 Å². The Kier molecular flexibility index (Phi) is 3.78. The van der Waals surface area contributed by atoms with E-state index in [1.807, 2.05) is 65.2 Å². The summed E-state index contributed by atoms with van der Waals surface area (Å²) < 4.78 is 1.92. The van der Waals surface area contributed by atoms with E-state index in [0.29, 0.717) is 23.4 Å². The molecule has 0 bridgehead atoms. The predicted molar refractivity (Wildman–Crippen MR) is 98.7 cm³/mol. The van der Waals surface area contributed by atoms with Gasteiger partial charge in [0.05, 0.1) is 5.69 Å². The summed E-state index contributed by atoms with van der Waals surface area (Å²) in [6, 6.07) is 23.0. The first kappa shape index (κ1) is 15.1. The topological polar surface area (TPSA) is 60.4 Å². The van der Waals surface area contributed by atoms with Crippen LogP contribution in [0.2, 0.25) is 0 Å². The Labute approximate surface area is 145 Å². The van der Waals surface area contributed by atoms with E-state index in [9.17, 15) is 4.79 Å². The number of hydrogen-bond donors (Lipinski definition) is 1. The molecule has 4 nitrogen and oxygen atoms in total. The Balaban J connectivity index is 1.77. The van der Waals surface area contributed by atoms with Crippen molar-refractivity contribution in [2.45, 2.75) is 6.42 Å². The number of carbonyl (C=O) groups excluding carboxylic acids is 1. The predicted octanol–water partition coefficient (Wildman–Crippen LogP) is 3.74. The van der Waals surface area contributed by atoms with E-state index in [0.717, 1.165) is 16.9 Å². The molecule has 2 aromatic heterocycles. The van der Waals surface area contributed by atoms with Crippen molar-refractivity contribution >= 4 is 17.2 Å². The first-order valence-corrected chi connectivity index (χ1v) is 8.12. The molecule has 0 aliphatic rings. The highest BCUT2D eigenvalue weighted by molar-refractivity contribution is 6.08. The molecule has 4 rings (SSSR count). The second kappa shape index (κ2) is 6.24. The van der Waals surface area contributed by atoms with Crippen molar-refractivity contribution in [3.8, 4) is 0 Å².